The minimum absolute atomic E-state index is 0.477. The lowest BCUT2D eigenvalue weighted by Gasteiger charge is -2.26. The first-order valence-electron chi connectivity index (χ1n) is 7.53. The van der Waals surface area contributed by atoms with Crippen LogP contribution in [0.4, 0.5) is 11.4 Å². The van der Waals surface area contributed by atoms with Gasteiger partial charge in [-0.15, -0.1) is 0 Å². The zero-order chi connectivity index (χ0) is 13.1. The van der Waals surface area contributed by atoms with E-state index < -0.39 is 0 Å². The summed E-state index contributed by atoms with van der Waals surface area (Å²) in [7, 11) is 0. The van der Waals surface area contributed by atoms with Gasteiger partial charge in [0.2, 0.25) is 0 Å². The van der Waals surface area contributed by atoms with Gasteiger partial charge in [-0.1, -0.05) is 0 Å². The van der Waals surface area contributed by atoms with Crippen molar-refractivity contribution in [1.29, 1.82) is 0 Å². The molecular formula is C16H24N2O. The third-order valence-corrected chi connectivity index (χ3v) is 4.20. The molecule has 1 atom stereocenters. The molecule has 0 radical (unpaired) electrons. The van der Waals surface area contributed by atoms with Gasteiger partial charge in [0.1, 0.15) is 0 Å². The molecule has 3 rings (SSSR count). The summed E-state index contributed by atoms with van der Waals surface area (Å²) >= 11 is 0. The van der Waals surface area contributed by atoms with Crippen molar-refractivity contribution in [2.75, 3.05) is 36.5 Å². The number of benzene rings is 1. The van der Waals surface area contributed by atoms with Crippen LogP contribution in [0.3, 0.4) is 0 Å². The monoisotopic (exact) mass is 260 g/mol. The smallest absolute Gasteiger partial charge is 0.0667 e. The first-order valence-corrected chi connectivity index (χ1v) is 7.53. The molecule has 2 saturated heterocycles. The summed E-state index contributed by atoms with van der Waals surface area (Å²) < 4.78 is 5.53. The van der Waals surface area contributed by atoms with Gasteiger partial charge in [0, 0.05) is 37.1 Å². The van der Waals surface area contributed by atoms with E-state index in [1.165, 1.54) is 55.7 Å². The summed E-state index contributed by atoms with van der Waals surface area (Å²) in [5.41, 5.74) is 3.98. The third-order valence-electron chi connectivity index (χ3n) is 4.20. The molecule has 19 heavy (non-hydrogen) atoms. The second-order valence-electron chi connectivity index (χ2n) is 5.75. The number of rotatable bonds is 3. The predicted octanol–water partition coefficient (Wildman–Crippen LogP) is 3.19. The number of ether oxygens (including phenoxy) is 1. The number of hydrogen-bond donors (Lipinski definition) is 1. The van der Waals surface area contributed by atoms with Crippen LogP contribution < -0.4 is 10.2 Å². The maximum absolute atomic E-state index is 5.53. The molecule has 2 heterocycles. The van der Waals surface area contributed by atoms with Crippen molar-refractivity contribution in [2.45, 2.75) is 38.6 Å². The number of aryl methyl sites for hydroxylation is 1. The van der Waals surface area contributed by atoms with Gasteiger partial charge in [-0.3, -0.25) is 0 Å². The average Bonchev–Trinajstić information content (AvgIpc) is 2.96. The van der Waals surface area contributed by atoms with Crippen LogP contribution in [0.5, 0.6) is 0 Å². The quantitative estimate of drug-likeness (QED) is 0.903. The standard InChI is InChI=1S/C16H24N2O/c1-13-11-15(18-8-2-3-9-18)6-7-16(13)17-14-5-4-10-19-12-14/h6-7,11,14,17H,2-5,8-10,12H2,1H3. The summed E-state index contributed by atoms with van der Waals surface area (Å²) in [5.74, 6) is 0. The lowest BCUT2D eigenvalue weighted by Crippen LogP contribution is -2.30. The van der Waals surface area contributed by atoms with E-state index in [-0.39, 0.29) is 0 Å². The molecule has 1 unspecified atom stereocenters. The molecule has 104 valence electrons. The van der Waals surface area contributed by atoms with Crippen molar-refractivity contribution < 1.29 is 4.74 Å². The van der Waals surface area contributed by atoms with Gasteiger partial charge in [-0.05, 0) is 56.4 Å². The molecule has 1 aromatic rings. The van der Waals surface area contributed by atoms with Crippen LogP contribution in [0.2, 0.25) is 0 Å². The Labute approximate surface area is 115 Å². The van der Waals surface area contributed by atoms with Crippen LogP contribution in [0.25, 0.3) is 0 Å². The largest absolute Gasteiger partial charge is 0.380 e. The average molecular weight is 260 g/mol. The van der Waals surface area contributed by atoms with Gasteiger partial charge in [-0.25, -0.2) is 0 Å². The summed E-state index contributed by atoms with van der Waals surface area (Å²) in [6.07, 6.45) is 5.05. The van der Waals surface area contributed by atoms with E-state index in [2.05, 4.69) is 35.3 Å². The maximum Gasteiger partial charge on any atom is 0.0667 e. The topological polar surface area (TPSA) is 24.5 Å². The lowest BCUT2D eigenvalue weighted by atomic mass is 10.1. The summed E-state index contributed by atoms with van der Waals surface area (Å²) in [4.78, 5) is 2.49. The van der Waals surface area contributed by atoms with Crippen LogP contribution in [0, 0.1) is 6.92 Å². The Morgan fingerprint density at radius 1 is 1.21 bits per heavy atom. The molecule has 3 nitrogen and oxygen atoms in total. The highest BCUT2D eigenvalue weighted by Crippen LogP contribution is 2.26. The molecule has 1 aromatic carbocycles. The van der Waals surface area contributed by atoms with Crippen LogP contribution in [0.15, 0.2) is 18.2 Å². The first-order chi connectivity index (χ1) is 9.33. The molecule has 0 amide bonds. The SMILES string of the molecule is Cc1cc(N2CCCC2)ccc1NC1CCCOC1. The van der Waals surface area contributed by atoms with Gasteiger partial charge in [0.05, 0.1) is 6.61 Å². The van der Waals surface area contributed by atoms with Crippen molar-refractivity contribution in [2.24, 2.45) is 0 Å². The van der Waals surface area contributed by atoms with Crippen molar-refractivity contribution in [1.82, 2.24) is 0 Å². The van der Waals surface area contributed by atoms with E-state index in [0.717, 1.165) is 13.2 Å². The Kier molecular flexibility index (Phi) is 3.92. The van der Waals surface area contributed by atoms with E-state index in [1.54, 1.807) is 0 Å². The molecule has 2 fully saturated rings. The highest BCUT2D eigenvalue weighted by atomic mass is 16.5. The zero-order valence-corrected chi connectivity index (χ0v) is 11.8. The van der Waals surface area contributed by atoms with E-state index in [1.807, 2.05) is 0 Å². The van der Waals surface area contributed by atoms with Gasteiger partial charge >= 0.3 is 0 Å². The van der Waals surface area contributed by atoms with Crippen LogP contribution >= 0.6 is 0 Å². The van der Waals surface area contributed by atoms with Crippen molar-refractivity contribution in [3.63, 3.8) is 0 Å². The van der Waals surface area contributed by atoms with Crippen LogP contribution in [-0.2, 0) is 4.74 Å². The summed E-state index contributed by atoms with van der Waals surface area (Å²) in [6, 6.07) is 7.28. The molecule has 1 N–H and O–H groups in total. The van der Waals surface area contributed by atoms with Crippen molar-refractivity contribution in [3.8, 4) is 0 Å². The van der Waals surface area contributed by atoms with Crippen molar-refractivity contribution >= 4 is 11.4 Å². The van der Waals surface area contributed by atoms with Gasteiger partial charge in [-0.2, -0.15) is 0 Å². The number of hydrogen-bond acceptors (Lipinski definition) is 3. The normalized spacial score (nSPS) is 23.6. The molecule has 0 aromatic heterocycles. The molecule has 0 aliphatic carbocycles. The number of nitrogens with zero attached hydrogens (tertiary/aromatic N) is 1. The molecule has 2 aliphatic heterocycles. The second-order valence-corrected chi connectivity index (χ2v) is 5.75. The van der Waals surface area contributed by atoms with Gasteiger partial charge < -0.3 is 15.0 Å². The molecule has 0 bridgehead atoms. The first kappa shape index (κ1) is 12.8. The van der Waals surface area contributed by atoms with Crippen LogP contribution in [0.1, 0.15) is 31.2 Å². The van der Waals surface area contributed by atoms with Gasteiger partial charge in [0.15, 0.2) is 0 Å². The Balaban J connectivity index is 1.68. The highest BCUT2D eigenvalue weighted by Gasteiger charge is 2.16. The Hall–Kier alpha value is -1.22. The molecule has 0 spiro atoms. The van der Waals surface area contributed by atoms with E-state index in [0.29, 0.717) is 6.04 Å². The minimum atomic E-state index is 0.477. The number of anilines is 2. The molecule has 0 saturated carbocycles. The molecular weight excluding hydrogens is 236 g/mol. The second kappa shape index (κ2) is 5.83. The van der Waals surface area contributed by atoms with E-state index in [4.69, 9.17) is 4.74 Å². The third kappa shape index (κ3) is 3.03. The lowest BCUT2D eigenvalue weighted by molar-refractivity contribution is 0.0876. The van der Waals surface area contributed by atoms with Crippen molar-refractivity contribution in [3.05, 3.63) is 23.8 Å². The fourth-order valence-electron chi connectivity index (χ4n) is 3.06. The summed E-state index contributed by atoms with van der Waals surface area (Å²) in [5, 5.41) is 3.62. The fourth-order valence-corrected chi connectivity index (χ4v) is 3.06. The van der Waals surface area contributed by atoms with E-state index in [9.17, 15) is 0 Å². The Morgan fingerprint density at radius 3 is 2.74 bits per heavy atom. The van der Waals surface area contributed by atoms with Gasteiger partial charge in [0.25, 0.3) is 0 Å². The zero-order valence-electron chi connectivity index (χ0n) is 11.8. The highest BCUT2D eigenvalue weighted by molar-refractivity contribution is 5.60. The Bertz CT molecular complexity index is 421. The Morgan fingerprint density at radius 2 is 2.05 bits per heavy atom. The predicted molar refractivity (Wildman–Crippen MR) is 80.1 cm³/mol. The maximum atomic E-state index is 5.53. The minimum Gasteiger partial charge on any atom is -0.380 e. The molecule has 3 heteroatoms. The summed E-state index contributed by atoms with van der Waals surface area (Å²) in [6.45, 7) is 6.38. The molecule has 2 aliphatic rings. The van der Waals surface area contributed by atoms with E-state index >= 15 is 0 Å². The fraction of sp³-hybridized carbons (Fsp3) is 0.625. The number of nitrogens with one attached hydrogen (secondary N) is 1. The van der Waals surface area contributed by atoms with Crippen LogP contribution in [-0.4, -0.2) is 32.3 Å².